The van der Waals surface area contributed by atoms with E-state index >= 15 is 0 Å². The Hall–Kier alpha value is -4.14. The highest BCUT2D eigenvalue weighted by molar-refractivity contribution is 6.04. The van der Waals surface area contributed by atoms with Crippen molar-refractivity contribution >= 4 is 28.5 Å². The van der Waals surface area contributed by atoms with Crippen molar-refractivity contribution in [3.8, 4) is 5.75 Å². The van der Waals surface area contributed by atoms with E-state index in [1.165, 1.54) is 4.90 Å². The number of ether oxygens (including phenoxy) is 1. The molecule has 2 aromatic carbocycles. The monoisotopic (exact) mass is 431 g/mol. The van der Waals surface area contributed by atoms with Crippen LogP contribution in [0.15, 0.2) is 53.1 Å². The molecule has 0 fully saturated rings. The fourth-order valence-electron chi connectivity index (χ4n) is 3.76. The molecule has 1 aliphatic heterocycles. The SMILES string of the molecule is Cc1nc2cc3c(cc2[nH]1)N(C)C(=O)[C@@H](NC(=O)c1cc(Cc2ccccc2)on1)CO3. The zero-order chi connectivity index (χ0) is 22.2. The molecule has 0 spiro atoms. The summed E-state index contributed by atoms with van der Waals surface area (Å²) in [5.41, 5.74) is 3.32. The van der Waals surface area contributed by atoms with Crippen LogP contribution in [0.5, 0.6) is 5.75 Å². The number of likely N-dealkylation sites (N-methyl/N-ethyl adjacent to an activating group) is 1. The van der Waals surface area contributed by atoms with E-state index in [0.717, 1.165) is 22.4 Å². The number of nitrogens with zero attached hydrogens (tertiary/aromatic N) is 3. The number of carbonyl (C=O) groups excluding carboxylic acids is 2. The van der Waals surface area contributed by atoms with Gasteiger partial charge in [0.25, 0.3) is 11.8 Å². The second-order valence-electron chi connectivity index (χ2n) is 7.73. The summed E-state index contributed by atoms with van der Waals surface area (Å²) in [5, 5.41) is 6.57. The van der Waals surface area contributed by atoms with E-state index in [1.807, 2.05) is 43.3 Å². The van der Waals surface area contributed by atoms with Crippen LogP contribution in [0, 0.1) is 6.92 Å². The van der Waals surface area contributed by atoms with Crippen molar-refractivity contribution in [1.82, 2.24) is 20.4 Å². The quantitative estimate of drug-likeness (QED) is 0.514. The summed E-state index contributed by atoms with van der Waals surface area (Å²) in [4.78, 5) is 34.8. The lowest BCUT2D eigenvalue weighted by Gasteiger charge is -2.20. The second kappa shape index (κ2) is 7.84. The Morgan fingerprint density at radius 2 is 2.06 bits per heavy atom. The van der Waals surface area contributed by atoms with Gasteiger partial charge in [0.1, 0.15) is 30.0 Å². The summed E-state index contributed by atoms with van der Waals surface area (Å²) in [7, 11) is 1.65. The average Bonchev–Trinajstić information content (AvgIpc) is 3.38. The van der Waals surface area contributed by atoms with Crippen molar-refractivity contribution in [3.05, 3.63) is 71.4 Å². The zero-order valence-corrected chi connectivity index (χ0v) is 17.6. The molecule has 2 N–H and O–H groups in total. The first-order chi connectivity index (χ1) is 15.5. The van der Waals surface area contributed by atoms with Gasteiger partial charge in [-0.1, -0.05) is 35.5 Å². The van der Waals surface area contributed by atoms with E-state index in [-0.39, 0.29) is 18.2 Å². The number of H-pyrrole nitrogens is 1. The number of rotatable bonds is 4. The predicted octanol–water partition coefficient (Wildman–Crippen LogP) is 2.60. The number of hydrogen-bond donors (Lipinski definition) is 2. The summed E-state index contributed by atoms with van der Waals surface area (Å²) in [6.45, 7) is 1.85. The number of fused-ring (bicyclic) bond motifs is 2. The van der Waals surface area contributed by atoms with Gasteiger partial charge in [-0.25, -0.2) is 4.98 Å². The molecule has 1 aliphatic rings. The molecule has 0 saturated heterocycles. The number of aryl methyl sites for hydroxylation is 1. The molecule has 0 saturated carbocycles. The van der Waals surface area contributed by atoms with Gasteiger partial charge in [-0.3, -0.25) is 9.59 Å². The lowest BCUT2D eigenvalue weighted by atomic mass is 10.1. The lowest BCUT2D eigenvalue weighted by molar-refractivity contribution is -0.120. The fourth-order valence-corrected chi connectivity index (χ4v) is 3.76. The van der Waals surface area contributed by atoms with Gasteiger partial charge in [0.15, 0.2) is 5.69 Å². The van der Waals surface area contributed by atoms with Crippen LogP contribution < -0.4 is 15.0 Å². The smallest absolute Gasteiger partial charge is 0.274 e. The standard InChI is InChI=1S/C23H21N5O4/c1-13-24-16-10-20-21(11-17(16)25-13)31-12-19(23(30)28(20)2)26-22(29)18-9-15(32-27-18)8-14-6-4-3-5-7-14/h3-7,9-11,19H,8,12H2,1-2H3,(H,24,25)(H,26,29)/t19-/m0/s1. The van der Waals surface area contributed by atoms with Crippen molar-refractivity contribution < 1.29 is 18.8 Å². The van der Waals surface area contributed by atoms with Gasteiger partial charge in [0.2, 0.25) is 0 Å². The molecule has 5 rings (SSSR count). The van der Waals surface area contributed by atoms with Crippen LogP contribution in [-0.2, 0) is 11.2 Å². The Bertz CT molecular complexity index is 1310. The molecule has 4 aromatic rings. The molecule has 32 heavy (non-hydrogen) atoms. The number of aromatic amines is 1. The number of imidazole rings is 1. The number of benzene rings is 2. The highest BCUT2D eigenvalue weighted by atomic mass is 16.5. The Morgan fingerprint density at radius 3 is 2.88 bits per heavy atom. The number of nitrogens with one attached hydrogen (secondary N) is 2. The molecule has 0 radical (unpaired) electrons. The van der Waals surface area contributed by atoms with Gasteiger partial charge in [0.05, 0.1) is 16.7 Å². The van der Waals surface area contributed by atoms with E-state index in [9.17, 15) is 9.59 Å². The molecular formula is C23H21N5O4. The topological polar surface area (TPSA) is 113 Å². The predicted molar refractivity (Wildman–Crippen MR) is 117 cm³/mol. The maximum absolute atomic E-state index is 13.0. The third-order valence-electron chi connectivity index (χ3n) is 5.39. The van der Waals surface area contributed by atoms with E-state index in [0.29, 0.717) is 23.6 Å². The van der Waals surface area contributed by atoms with Gasteiger partial charge < -0.3 is 24.5 Å². The molecular weight excluding hydrogens is 410 g/mol. The molecule has 0 aliphatic carbocycles. The van der Waals surface area contributed by atoms with Crippen LogP contribution in [0.1, 0.15) is 27.6 Å². The number of amides is 2. The first-order valence-corrected chi connectivity index (χ1v) is 10.2. The molecule has 2 amide bonds. The highest BCUT2D eigenvalue weighted by Crippen LogP contribution is 2.34. The van der Waals surface area contributed by atoms with Crippen LogP contribution in [0.4, 0.5) is 5.69 Å². The highest BCUT2D eigenvalue weighted by Gasteiger charge is 2.32. The van der Waals surface area contributed by atoms with Gasteiger partial charge in [-0.15, -0.1) is 0 Å². The minimum absolute atomic E-state index is 0.00838. The van der Waals surface area contributed by atoms with Crippen molar-refractivity contribution in [2.75, 3.05) is 18.6 Å². The molecule has 2 aromatic heterocycles. The molecule has 9 heteroatoms. The average molecular weight is 431 g/mol. The first kappa shape index (κ1) is 19.8. The molecule has 0 bridgehead atoms. The molecule has 1 atom stereocenters. The van der Waals surface area contributed by atoms with Crippen LogP contribution in [-0.4, -0.2) is 46.6 Å². The summed E-state index contributed by atoms with van der Waals surface area (Å²) < 4.78 is 11.2. The minimum Gasteiger partial charge on any atom is -0.489 e. The minimum atomic E-state index is -0.873. The Balaban J connectivity index is 1.31. The number of hydrogen-bond acceptors (Lipinski definition) is 6. The normalized spacial score (nSPS) is 15.9. The molecule has 3 heterocycles. The van der Waals surface area contributed by atoms with Crippen LogP contribution in [0.3, 0.4) is 0 Å². The van der Waals surface area contributed by atoms with E-state index < -0.39 is 11.9 Å². The van der Waals surface area contributed by atoms with Gasteiger partial charge >= 0.3 is 0 Å². The summed E-state index contributed by atoms with van der Waals surface area (Å²) >= 11 is 0. The van der Waals surface area contributed by atoms with Crippen molar-refractivity contribution in [3.63, 3.8) is 0 Å². The number of carbonyl (C=O) groups is 2. The summed E-state index contributed by atoms with van der Waals surface area (Å²) in [6.07, 6.45) is 0.519. The summed E-state index contributed by atoms with van der Waals surface area (Å²) in [5.74, 6) is 1.08. The van der Waals surface area contributed by atoms with Crippen LogP contribution in [0.25, 0.3) is 11.0 Å². The van der Waals surface area contributed by atoms with E-state index in [1.54, 1.807) is 19.2 Å². The maximum Gasteiger partial charge on any atom is 0.274 e. The van der Waals surface area contributed by atoms with Crippen LogP contribution in [0.2, 0.25) is 0 Å². The van der Waals surface area contributed by atoms with Gasteiger partial charge in [0, 0.05) is 25.6 Å². The zero-order valence-electron chi connectivity index (χ0n) is 17.6. The van der Waals surface area contributed by atoms with Crippen LogP contribution >= 0.6 is 0 Å². The largest absolute Gasteiger partial charge is 0.489 e. The Labute approximate surface area is 183 Å². The van der Waals surface area contributed by atoms with Crippen molar-refractivity contribution in [2.45, 2.75) is 19.4 Å². The lowest BCUT2D eigenvalue weighted by Crippen LogP contribution is -2.49. The Morgan fingerprint density at radius 1 is 1.25 bits per heavy atom. The van der Waals surface area contributed by atoms with E-state index in [2.05, 4.69) is 20.4 Å². The second-order valence-corrected chi connectivity index (χ2v) is 7.73. The molecule has 162 valence electrons. The number of aromatic nitrogens is 3. The van der Waals surface area contributed by atoms with Gasteiger partial charge in [-0.05, 0) is 18.6 Å². The molecule has 0 unspecified atom stereocenters. The van der Waals surface area contributed by atoms with Crippen molar-refractivity contribution in [2.24, 2.45) is 0 Å². The van der Waals surface area contributed by atoms with Gasteiger partial charge in [-0.2, -0.15) is 0 Å². The third kappa shape index (κ3) is 3.68. The third-order valence-corrected chi connectivity index (χ3v) is 5.39. The first-order valence-electron chi connectivity index (χ1n) is 10.2. The van der Waals surface area contributed by atoms with Crippen molar-refractivity contribution in [1.29, 1.82) is 0 Å². The fraction of sp³-hybridized carbons (Fsp3) is 0.217. The molecule has 9 nitrogen and oxygen atoms in total. The Kier molecular flexibility index (Phi) is 4.85. The van der Waals surface area contributed by atoms with E-state index in [4.69, 9.17) is 9.26 Å². The summed E-state index contributed by atoms with van der Waals surface area (Å²) in [6, 6.07) is 14.1. The number of anilines is 1. The maximum atomic E-state index is 13.0.